The SMILES string of the molecule is N#Cc1ccc(Cn2cncc2CCc2ccc(N3CCCCC3)cc2)cc1. The van der Waals surface area contributed by atoms with Crippen LogP contribution in [0.3, 0.4) is 0 Å². The van der Waals surface area contributed by atoms with E-state index in [2.05, 4.69) is 44.8 Å². The maximum absolute atomic E-state index is 8.93. The molecule has 0 spiro atoms. The van der Waals surface area contributed by atoms with Gasteiger partial charge in [0, 0.05) is 37.2 Å². The number of hydrogen-bond donors (Lipinski definition) is 0. The molecule has 3 aromatic rings. The fourth-order valence-corrected chi connectivity index (χ4v) is 3.88. The maximum Gasteiger partial charge on any atom is 0.0991 e. The summed E-state index contributed by atoms with van der Waals surface area (Å²) in [5.74, 6) is 0. The minimum absolute atomic E-state index is 0.697. The minimum Gasteiger partial charge on any atom is -0.372 e. The predicted octanol–water partition coefficient (Wildman–Crippen LogP) is 4.58. The molecule has 0 unspecified atom stereocenters. The molecule has 1 saturated heterocycles. The summed E-state index contributed by atoms with van der Waals surface area (Å²) in [5, 5.41) is 8.93. The highest BCUT2D eigenvalue weighted by molar-refractivity contribution is 5.48. The van der Waals surface area contributed by atoms with Gasteiger partial charge in [-0.2, -0.15) is 5.26 Å². The van der Waals surface area contributed by atoms with Gasteiger partial charge in [0.1, 0.15) is 0 Å². The molecule has 0 aliphatic carbocycles. The lowest BCUT2D eigenvalue weighted by molar-refractivity contribution is 0.578. The first-order valence-corrected chi connectivity index (χ1v) is 10.1. The molecule has 4 rings (SSSR count). The largest absolute Gasteiger partial charge is 0.372 e. The van der Waals surface area contributed by atoms with Crippen molar-refractivity contribution >= 4 is 5.69 Å². The van der Waals surface area contributed by atoms with Crippen LogP contribution in [0.25, 0.3) is 0 Å². The number of nitriles is 1. The summed E-state index contributed by atoms with van der Waals surface area (Å²) in [6.45, 7) is 3.16. The van der Waals surface area contributed by atoms with Crippen LogP contribution < -0.4 is 4.90 Å². The van der Waals surface area contributed by atoms with E-state index in [1.165, 1.54) is 54.9 Å². The van der Waals surface area contributed by atoms with E-state index >= 15 is 0 Å². The van der Waals surface area contributed by atoms with Crippen LogP contribution in [-0.2, 0) is 19.4 Å². The second kappa shape index (κ2) is 8.75. The summed E-state index contributed by atoms with van der Waals surface area (Å²) >= 11 is 0. The topological polar surface area (TPSA) is 44.9 Å². The van der Waals surface area contributed by atoms with Crippen molar-refractivity contribution in [2.45, 2.75) is 38.6 Å². The number of rotatable bonds is 6. The molecule has 0 bridgehead atoms. The van der Waals surface area contributed by atoms with Gasteiger partial charge >= 0.3 is 0 Å². The highest BCUT2D eigenvalue weighted by Crippen LogP contribution is 2.21. The molecule has 1 aliphatic heterocycles. The first-order chi connectivity index (χ1) is 13.8. The summed E-state index contributed by atoms with van der Waals surface area (Å²) < 4.78 is 2.20. The smallest absolute Gasteiger partial charge is 0.0991 e. The van der Waals surface area contributed by atoms with Crippen molar-refractivity contribution in [1.82, 2.24) is 9.55 Å². The van der Waals surface area contributed by atoms with Crippen molar-refractivity contribution in [2.75, 3.05) is 18.0 Å². The molecule has 2 aromatic carbocycles. The Morgan fingerprint density at radius 2 is 1.57 bits per heavy atom. The van der Waals surface area contributed by atoms with Crippen LogP contribution >= 0.6 is 0 Å². The molecule has 4 heteroatoms. The Kier molecular flexibility index (Phi) is 5.72. The van der Waals surface area contributed by atoms with E-state index < -0.39 is 0 Å². The van der Waals surface area contributed by atoms with E-state index in [1.54, 1.807) is 0 Å². The van der Waals surface area contributed by atoms with Gasteiger partial charge in [-0.05, 0) is 67.5 Å². The van der Waals surface area contributed by atoms with Crippen LogP contribution in [0, 0.1) is 11.3 Å². The fraction of sp³-hybridized carbons (Fsp3) is 0.333. The molecule has 1 fully saturated rings. The van der Waals surface area contributed by atoms with E-state index in [-0.39, 0.29) is 0 Å². The molecule has 0 saturated carbocycles. The van der Waals surface area contributed by atoms with Gasteiger partial charge in [0.2, 0.25) is 0 Å². The van der Waals surface area contributed by atoms with Crippen LogP contribution in [0.1, 0.15) is 41.6 Å². The predicted molar refractivity (Wildman–Crippen MR) is 112 cm³/mol. The van der Waals surface area contributed by atoms with Gasteiger partial charge in [-0.1, -0.05) is 24.3 Å². The molecule has 0 N–H and O–H groups in total. The molecular formula is C24H26N4. The quantitative estimate of drug-likeness (QED) is 0.638. The Balaban J connectivity index is 1.36. The molecule has 142 valence electrons. The lowest BCUT2D eigenvalue weighted by Gasteiger charge is -2.28. The van der Waals surface area contributed by atoms with E-state index in [1.807, 2.05) is 36.8 Å². The Hall–Kier alpha value is -3.06. The van der Waals surface area contributed by atoms with E-state index in [4.69, 9.17) is 5.26 Å². The summed E-state index contributed by atoms with van der Waals surface area (Å²) in [6.07, 6.45) is 9.83. The van der Waals surface area contributed by atoms with Gasteiger partial charge in [-0.15, -0.1) is 0 Å². The van der Waals surface area contributed by atoms with Crippen molar-refractivity contribution in [1.29, 1.82) is 5.26 Å². The van der Waals surface area contributed by atoms with Crippen LogP contribution in [0.5, 0.6) is 0 Å². The third-order valence-corrected chi connectivity index (χ3v) is 5.56. The molecule has 1 aliphatic rings. The Morgan fingerprint density at radius 3 is 2.29 bits per heavy atom. The third kappa shape index (κ3) is 4.43. The monoisotopic (exact) mass is 370 g/mol. The Bertz CT molecular complexity index is 926. The average molecular weight is 371 g/mol. The molecule has 1 aromatic heterocycles. The van der Waals surface area contributed by atoms with Crippen molar-refractivity contribution in [2.24, 2.45) is 0 Å². The van der Waals surface area contributed by atoms with Crippen molar-refractivity contribution in [3.8, 4) is 6.07 Å². The second-order valence-electron chi connectivity index (χ2n) is 7.54. The first kappa shape index (κ1) is 18.3. The van der Waals surface area contributed by atoms with Crippen molar-refractivity contribution < 1.29 is 0 Å². The Morgan fingerprint density at radius 1 is 0.857 bits per heavy atom. The molecule has 0 atom stereocenters. The molecular weight excluding hydrogens is 344 g/mol. The number of anilines is 1. The Labute approximate surface area is 167 Å². The van der Waals surface area contributed by atoms with Gasteiger partial charge in [-0.25, -0.2) is 4.98 Å². The summed E-state index contributed by atoms with van der Waals surface area (Å²) in [5.41, 5.74) is 5.84. The lowest BCUT2D eigenvalue weighted by atomic mass is 10.1. The van der Waals surface area contributed by atoms with Gasteiger partial charge in [-0.3, -0.25) is 0 Å². The first-order valence-electron chi connectivity index (χ1n) is 10.1. The number of piperidine rings is 1. The highest BCUT2D eigenvalue weighted by Gasteiger charge is 2.10. The number of aryl methyl sites for hydroxylation is 2. The van der Waals surface area contributed by atoms with Crippen LogP contribution in [-0.4, -0.2) is 22.6 Å². The molecule has 28 heavy (non-hydrogen) atoms. The summed E-state index contributed by atoms with van der Waals surface area (Å²) in [6, 6.07) is 19.0. The number of hydrogen-bond acceptors (Lipinski definition) is 3. The van der Waals surface area contributed by atoms with E-state index in [9.17, 15) is 0 Å². The number of imidazole rings is 1. The molecule has 0 amide bonds. The van der Waals surface area contributed by atoms with Crippen molar-refractivity contribution in [3.63, 3.8) is 0 Å². The van der Waals surface area contributed by atoms with Gasteiger partial charge < -0.3 is 9.47 Å². The molecule has 2 heterocycles. The number of nitrogens with zero attached hydrogens (tertiary/aromatic N) is 4. The zero-order valence-electron chi connectivity index (χ0n) is 16.2. The average Bonchev–Trinajstić information content (AvgIpc) is 3.21. The molecule has 0 radical (unpaired) electrons. The van der Waals surface area contributed by atoms with Gasteiger partial charge in [0.05, 0.1) is 18.0 Å². The fourth-order valence-electron chi connectivity index (χ4n) is 3.88. The summed E-state index contributed by atoms with van der Waals surface area (Å²) in [4.78, 5) is 6.84. The van der Waals surface area contributed by atoms with E-state index in [0.717, 1.165) is 19.4 Å². The maximum atomic E-state index is 8.93. The zero-order chi connectivity index (χ0) is 19.2. The van der Waals surface area contributed by atoms with E-state index in [0.29, 0.717) is 5.56 Å². The minimum atomic E-state index is 0.697. The number of aromatic nitrogens is 2. The summed E-state index contributed by atoms with van der Waals surface area (Å²) in [7, 11) is 0. The number of benzene rings is 2. The highest BCUT2D eigenvalue weighted by atomic mass is 15.1. The van der Waals surface area contributed by atoms with Gasteiger partial charge in [0.15, 0.2) is 0 Å². The lowest BCUT2D eigenvalue weighted by Crippen LogP contribution is -2.29. The van der Waals surface area contributed by atoms with Crippen LogP contribution in [0.4, 0.5) is 5.69 Å². The third-order valence-electron chi connectivity index (χ3n) is 5.56. The second-order valence-corrected chi connectivity index (χ2v) is 7.54. The zero-order valence-corrected chi connectivity index (χ0v) is 16.2. The van der Waals surface area contributed by atoms with Crippen LogP contribution in [0.2, 0.25) is 0 Å². The van der Waals surface area contributed by atoms with Gasteiger partial charge in [0.25, 0.3) is 0 Å². The molecule has 4 nitrogen and oxygen atoms in total. The van der Waals surface area contributed by atoms with Crippen molar-refractivity contribution in [3.05, 3.63) is 83.4 Å². The normalized spacial score (nSPS) is 14.0. The standard InChI is InChI=1S/C24H26N4/c25-16-21-4-6-22(7-5-21)18-28-19-26-17-24(28)13-10-20-8-11-23(12-9-20)27-14-2-1-3-15-27/h4-9,11-12,17,19H,1-3,10,13-15,18H2. The van der Waals surface area contributed by atoms with Crippen LogP contribution in [0.15, 0.2) is 61.1 Å².